The van der Waals surface area contributed by atoms with Gasteiger partial charge >= 0.3 is 0 Å². The zero-order valence-electron chi connectivity index (χ0n) is 8.98. The molecule has 1 saturated carbocycles. The molecule has 1 aliphatic carbocycles. The zero-order chi connectivity index (χ0) is 10.5. The van der Waals surface area contributed by atoms with Crippen LogP contribution < -0.4 is 10.7 Å². The fourth-order valence-electron chi connectivity index (χ4n) is 1.61. The Morgan fingerprint density at radius 2 is 2.00 bits per heavy atom. The standard InChI is InChI=1S/C12H18N2O/c15-12-5-9-14(10-6-12)8-2-1-7-13-11-3-4-11/h5-6,9-11,13H,1-4,7-8H2. The highest BCUT2D eigenvalue weighted by Crippen LogP contribution is 2.18. The summed E-state index contributed by atoms with van der Waals surface area (Å²) in [7, 11) is 0. The summed E-state index contributed by atoms with van der Waals surface area (Å²) in [5, 5.41) is 3.49. The maximum absolute atomic E-state index is 10.9. The van der Waals surface area contributed by atoms with Crippen molar-refractivity contribution in [2.24, 2.45) is 0 Å². The van der Waals surface area contributed by atoms with Crippen molar-refractivity contribution < 1.29 is 0 Å². The number of aryl methyl sites for hydroxylation is 1. The van der Waals surface area contributed by atoms with E-state index in [-0.39, 0.29) is 5.43 Å². The van der Waals surface area contributed by atoms with Crippen LogP contribution >= 0.6 is 0 Å². The highest BCUT2D eigenvalue weighted by Gasteiger charge is 2.19. The van der Waals surface area contributed by atoms with E-state index in [9.17, 15) is 4.79 Å². The first kappa shape index (κ1) is 10.4. The molecule has 0 atom stereocenters. The van der Waals surface area contributed by atoms with Gasteiger partial charge < -0.3 is 9.88 Å². The molecule has 1 heterocycles. The molecular formula is C12H18N2O. The van der Waals surface area contributed by atoms with E-state index in [0.29, 0.717) is 0 Å². The van der Waals surface area contributed by atoms with E-state index in [0.717, 1.165) is 19.1 Å². The van der Waals surface area contributed by atoms with E-state index in [4.69, 9.17) is 0 Å². The summed E-state index contributed by atoms with van der Waals surface area (Å²) in [5.74, 6) is 0. The first-order valence-corrected chi connectivity index (χ1v) is 5.74. The molecule has 0 aromatic carbocycles. The second kappa shape index (κ2) is 5.12. The second-order valence-corrected chi connectivity index (χ2v) is 4.21. The van der Waals surface area contributed by atoms with E-state index >= 15 is 0 Å². The SMILES string of the molecule is O=c1ccn(CCCCNC2CC2)cc1. The van der Waals surface area contributed by atoms with Gasteiger partial charge in [-0.1, -0.05) is 0 Å². The second-order valence-electron chi connectivity index (χ2n) is 4.21. The molecule has 0 aliphatic heterocycles. The van der Waals surface area contributed by atoms with E-state index in [1.54, 1.807) is 12.1 Å². The minimum Gasteiger partial charge on any atom is -0.354 e. The Labute approximate surface area is 90.1 Å². The quantitative estimate of drug-likeness (QED) is 0.713. The summed E-state index contributed by atoms with van der Waals surface area (Å²) in [5.41, 5.74) is 0.0849. The van der Waals surface area contributed by atoms with E-state index < -0.39 is 0 Å². The molecule has 82 valence electrons. The van der Waals surface area contributed by atoms with Gasteiger partial charge in [-0.3, -0.25) is 4.79 Å². The van der Waals surface area contributed by atoms with Gasteiger partial charge in [0.15, 0.2) is 5.43 Å². The molecule has 2 rings (SSSR count). The minimum atomic E-state index is 0.0849. The van der Waals surface area contributed by atoms with Crippen LogP contribution in [0.3, 0.4) is 0 Å². The molecule has 0 spiro atoms. The minimum absolute atomic E-state index is 0.0849. The molecule has 0 saturated heterocycles. The Kier molecular flexibility index (Phi) is 3.56. The Balaban J connectivity index is 1.60. The van der Waals surface area contributed by atoms with Crippen LogP contribution in [0.15, 0.2) is 29.3 Å². The molecule has 1 aromatic rings. The smallest absolute Gasteiger partial charge is 0.181 e. The lowest BCUT2D eigenvalue weighted by molar-refractivity contribution is 0.565. The number of unbranched alkanes of at least 4 members (excludes halogenated alkanes) is 1. The molecule has 0 unspecified atom stereocenters. The first-order valence-electron chi connectivity index (χ1n) is 5.74. The maximum atomic E-state index is 10.9. The Morgan fingerprint density at radius 1 is 1.27 bits per heavy atom. The molecule has 15 heavy (non-hydrogen) atoms. The third-order valence-corrected chi connectivity index (χ3v) is 2.71. The van der Waals surface area contributed by atoms with Crippen molar-refractivity contribution in [3.63, 3.8) is 0 Å². The summed E-state index contributed by atoms with van der Waals surface area (Å²) >= 11 is 0. The molecule has 1 aromatic heterocycles. The number of hydrogen-bond donors (Lipinski definition) is 1. The van der Waals surface area contributed by atoms with Crippen molar-refractivity contribution in [3.8, 4) is 0 Å². The van der Waals surface area contributed by atoms with Gasteiger partial charge in [-0.05, 0) is 32.2 Å². The summed E-state index contributed by atoms with van der Waals surface area (Å²) in [4.78, 5) is 10.9. The van der Waals surface area contributed by atoms with Crippen LogP contribution in [0.2, 0.25) is 0 Å². The van der Waals surface area contributed by atoms with Crippen LogP contribution in [0.4, 0.5) is 0 Å². The number of hydrogen-bond acceptors (Lipinski definition) is 2. The molecule has 3 heteroatoms. The lowest BCUT2D eigenvalue weighted by Crippen LogP contribution is -2.17. The number of rotatable bonds is 6. The van der Waals surface area contributed by atoms with Crippen molar-refractivity contribution >= 4 is 0 Å². The van der Waals surface area contributed by atoms with Gasteiger partial charge in [0.2, 0.25) is 0 Å². The number of nitrogens with zero attached hydrogens (tertiary/aromatic N) is 1. The van der Waals surface area contributed by atoms with Crippen LogP contribution in [0.5, 0.6) is 0 Å². The average Bonchev–Trinajstić information content (AvgIpc) is 3.04. The highest BCUT2D eigenvalue weighted by atomic mass is 16.1. The van der Waals surface area contributed by atoms with E-state index in [1.165, 1.54) is 25.7 Å². The van der Waals surface area contributed by atoms with Gasteiger partial charge in [-0.2, -0.15) is 0 Å². The first-order chi connectivity index (χ1) is 7.34. The lowest BCUT2D eigenvalue weighted by Gasteiger charge is -2.05. The third-order valence-electron chi connectivity index (χ3n) is 2.71. The highest BCUT2D eigenvalue weighted by molar-refractivity contribution is 4.93. The van der Waals surface area contributed by atoms with Gasteiger partial charge in [0.25, 0.3) is 0 Å². The van der Waals surface area contributed by atoms with E-state index in [1.807, 2.05) is 12.4 Å². The van der Waals surface area contributed by atoms with Gasteiger partial charge in [-0.15, -0.1) is 0 Å². The largest absolute Gasteiger partial charge is 0.354 e. The van der Waals surface area contributed by atoms with Crippen molar-refractivity contribution in [2.75, 3.05) is 6.54 Å². The summed E-state index contributed by atoms with van der Waals surface area (Å²) in [6, 6.07) is 4.04. The third kappa shape index (κ3) is 3.88. The Bertz CT molecular complexity index is 334. The monoisotopic (exact) mass is 206 g/mol. The van der Waals surface area contributed by atoms with Crippen molar-refractivity contribution in [2.45, 2.75) is 38.3 Å². The number of aromatic nitrogens is 1. The average molecular weight is 206 g/mol. The summed E-state index contributed by atoms with van der Waals surface area (Å²) in [6.07, 6.45) is 8.82. The van der Waals surface area contributed by atoms with E-state index in [2.05, 4.69) is 9.88 Å². The zero-order valence-corrected chi connectivity index (χ0v) is 8.98. The molecule has 1 N–H and O–H groups in total. The number of nitrogens with one attached hydrogen (secondary N) is 1. The summed E-state index contributed by atoms with van der Waals surface area (Å²) in [6.45, 7) is 2.14. The molecule has 1 aliphatic rings. The van der Waals surface area contributed by atoms with Crippen LogP contribution in [-0.4, -0.2) is 17.2 Å². The van der Waals surface area contributed by atoms with Crippen LogP contribution in [0.1, 0.15) is 25.7 Å². The molecule has 3 nitrogen and oxygen atoms in total. The molecule has 0 bridgehead atoms. The predicted octanol–water partition coefficient (Wildman–Crippen LogP) is 1.38. The Hall–Kier alpha value is -1.09. The molecular weight excluding hydrogens is 188 g/mol. The molecule has 0 amide bonds. The van der Waals surface area contributed by atoms with Crippen molar-refractivity contribution in [1.82, 2.24) is 9.88 Å². The fourth-order valence-corrected chi connectivity index (χ4v) is 1.61. The fraction of sp³-hybridized carbons (Fsp3) is 0.583. The van der Waals surface area contributed by atoms with Gasteiger partial charge in [0.1, 0.15) is 0 Å². The predicted molar refractivity (Wildman–Crippen MR) is 61.0 cm³/mol. The molecule has 0 radical (unpaired) electrons. The number of pyridine rings is 1. The summed E-state index contributed by atoms with van der Waals surface area (Å²) < 4.78 is 2.07. The van der Waals surface area contributed by atoms with Crippen LogP contribution in [0, 0.1) is 0 Å². The van der Waals surface area contributed by atoms with Crippen molar-refractivity contribution in [1.29, 1.82) is 0 Å². The van der Waals surface area contributed by atoms with Crippen LogP contribution in [0.25, 0.3) is 0 Å². The lowest BCUT2D eigenvalue weighted by atomic mass is 10.3. The van der Waals surface area contributed by atoms with Gasteiger partial charge in [0, 0.05) is 37.1 Å². The molecule has 1 fully saturated rings. The maximum Gasteiger partial charge on any atom is 0.181 e. The normalized spacial score (nSPS) is 15.5. The van der Waals surface area contributed by atoms with Gasteiger partial charge in [0.05, 0.1) is 0 Å². The van der Waals surface area contributed by atoms with Gasteiger partial charge in [-0.25, -0.2) is 0 Å². The Morgan fingerprint density at radius 3 is 2.67 bits per heavy atom. The topological polar surface area (TPSA) is 34.0 Å². The van der Waals surface area contributed by atoms with Crippen molar-refractivity contribution in [3.05, 3.63) is 34.7 Å². The van der Waals surface area contributed by atoms with Crippen LogP contribution in [-0.2, 0) is 6.54 Å².